The lowest BCUT2D eigenvalue weighted by atomic mass is 10.0. The number of fused-ring (bicyclic) bond motifs is 1. The Bertz CT molecular complexity index is 378. The molecule has 3 saturated heterocycles. The minimum Gasteiger partial charge on any atom is -0.361 e. The van der Waals surface area contributed by atoms with Gasteiger partial charge in [-0.2, -0.15) is 0 Å². The molecule has 4 atom stereocenters. The van der Waals surface area contributed by atoms with Crippen LogP contribution in [-0.4, -0.2) is 58.8 Å². The molecule has 0 aliphatic carbocycles. The quantitative estimate of drug-likeness (QED) is 0.635. The number of rotatable bonds is 1. The van der Waals surface area contributed by atoms with Gasteiger partial charge in [0.25, 0.3) is 0 Å². The molecule has 0 unspecified atom stereocenters. The van der Waals surface area contributed by atoms with E-state index in [1.807, 2.05) is 0 Å². The van der Waals surface area contributed by atoms with Gasteiger partial charge in [0, 0.05) is 0 Å². The van der Waals surface area contributed by atoms with Crippen molar-refractivity contribution in [3.05, 3.63) is 0 Å². The zero-order valence-electron chi connectivity index (χ0n) is 11.5. The van der Waals surface area contributed by atoms with Gasteiger partial charge in [0.15, 0.2) is 24.0 Å². The highest BCUT2D eigenvalue weighted by Crippen LogP contribution is 2.44. The van der Waals surface area contributed by atoms with Gasteiger partial charge in [-0.15, -0.1) is 0 Å². The van der Waals surface area contributed by atoms with Gasteiger partial charge in [0.2, 0.25) is 5.79 Å². The molecule has 7 nitrogen and oxygen atoms in total. The van der Waals surface area contributed by atoms with Crippen molar-refractivity contribution in [2.24, 2.45) is 0 Å². The molecule has 3 fully saturated rings. The van der Waals surface area contributed by atoms with Gasteiger partial charge in [-0.05, 0) is 27.7 Å². The van der Waals surface area contributed by atoms with Crippen molar-refractivity contribution < 1.29 is 33.9 Å². The molecule has 0 radical (unpaired) electrons. The summed E-state index contributed by atoms with van der Waals surface area (Å²) in [6, 6.07) is 0. The third-order valence-electron chi connectivity index (χ3n) is 3.54. The molecule has 0 aromatic rings. The Morgan fingerprint density at radius 2 is 1.58 bits per heavy atom. The largest absolute Gasteiger partial charge is 0.361 e. The molecule has 0 spiro atoms. The van der Waals surface area contributed by atoms with Gasteiger partial charge in [0.1, 0.15) is 12.2 Å². The molecule has 0 amide bonds. The zero-order valence-corrected chi connectivity index (χ0v) is 11.5. The second-order valence-electron chi connectivity index (χ2n) is 6.13. The second kappa shape index (κ2) is 3.88. The van der Waals surface area contributed by atoms with Crippen LogP contribution in [0.5, 0.6) is 0 Å². The van der Waals surface area contributed by atoms with E-state index in [4.69, 9.17) is 23.7 Å². The Morgan fingerprint density at radius 1 is 0.895 bits per heavy atom. The number of ether oxygens (including phenoxy) is 5. The highest BCUT2D eigenvalue weighted by atomic mass is 16.9. The smallest absolute Gasteiger partial charge is 0.225 e. The van der Waals surface area contributed by atoms with Crippen LogP contribution in [0, 0.1) is 0 Å². The maximum absolute atomic E-state index is 10.3. The third-order valence-corrected chi connectivity index (χ3v) is 3.54. The van der Waals surface area contributed by atoms with Crippen molar-refractivity contribution in [2.45, 2.75) is 69.7 Å². The van der Waals surface area contributed by atoms with Crippen LogP contribution in [0.3, 0.4) is 0 Å². The lowest BCUT2D eigenvalue weighted by molar-refractivity contribution is -0.297. The van der Waals surface area contributed by atoms with Gasteiger partial charge in [-0.25, -0.2) is 0 Å². The van der Waals surface area contributed by atoms with Crippen LogP contribution in [-0.2, 0) is 23.7 Å². The monoisotopic (exact) mass is 276 g/mol. The van der Waals surface area contributed by atoms with E-state index in [2.05, 4.69) is 0 Å². The Morgan fingerprint density at radius 3 is 2.11 bits per heavy atom. The van der Waals surface area contributed by atoms with Crippen LogP contribution in [0.15, 0.2) is 0 Å². The molecule has 0 aromatic carbocycles. The third kappa shape index (κ3) is 2.19. The average molecular weight is 276 g/mol. The highest BCUT2D eigenvalue weighted by molar-refractivity contribution is 5.02. The van der Waals surface area contributed by atoms with E-state index in [-0.39, 0.29) is 6.61 Å². The zero-order chi connectivity index (χ0) is 14.1. The fourth-order valence-electron chi connectivity index (χ4n) is 2.75. The molecule has 2 N–H and O–H groups in total. The molecule has 3 rings (SSSR count). The van der Waals surface area contributed by atoms with Crippen molar-refractivity contribution >= 4 is 0 Å². The van der Waals surface area contributed by atoms with E-state index in [1.165, 1.54) is 0 Å². The van der Waals surface area contributed by atoms with Crippen molar-refractivity contribution in [3.63, 3.8) is 0 Å². The van der Waals surface area contributed by atoms with Crippen molar-refractivity contribution in [2.75, 3.05) is 6.61 Å². The molecular formula is C12H20O7. The first-order chi connectivity index (χ1) is 8.61. The molecule has 3 heterocycles. The van der Waals surface area contributed by atoms with E-state index < -0.39 is 42.0 Å². The van der Waals surface area contributed by atoms with Crippen LogP contribution < -0.4 is 0 Å². The predicted molar refractivity (Wildman–Crippen MR) is 60.8 cm³/mol. The standard InChI is InChI=1S/C12H20O7/c1-10(2)15-5-6(17-10)7-12(13,14)8-9(16-7)19-11(3,4)18-8/h6-9,13-14H,5H2,1-4H3/t6-,7+,8-,9-/m0/s1. The fraction of sp³-hybridized carbons (Fsp3) is 1.00. The summed E-state index contributed by atoms with van der Waals surface area (Å²) in [6.45, 7) is 7.13. The summed E-state index contributed by atoms with van der Waals surface area (Å²) in [7, 11) is 0. The molecule has 0 bridgehead atoms. The summed E-state index contributed by atoms with van der Waals surface area (Å²) in [4.78, 5) is 0. The molecule has 7 heteroatoms. The maximum atomic E-state index is 10.3. The van der Waals surface area contributed by atoms with Gasteiger partial charge < -0.3 is 33.9 Å². The van der Waals surface area contributed by atoms with Crippen LogP contribution in [0.2, 0.25) is 0 Å². The first-order valence-corrected chi connectivity index (χ1v) is 6.38. The molecule has 3 aliphatic rings. The van der Waals surface area contributed by atoms with Crippen molar-refractivity contribution in [3.8, 4) is 0 Å². The lowest BCUT2D eigenvalue weighted by Gasteiger charge is -2.31. The Kier molecular flexibility index (Phi) is 2.80. The average Bonchev–Trinajstić information content (AvgIpc) is 2.80. The predicted octanol–water partition coefficient (Wildman–Crippen LogP) is -0.305. The number of hydrogen-bond donors (Lipinski definition) is 2. The van der Waals surface area contributed by atoms with Crippen LogP contribution in [0.25, 0.3) is 0 Å². The fourth-order valence-corrected chi connectivity index (χ4v) is 2.75. The van der Waals surface area contributed by atoms with Crippen molar-refractivity contribution in [1.29, 1.82) is 0 Å². The van der Waals surface area contributed by atoms with Gasteiger partial charge >= 0.3 is 0 Å². The second-order valence-corrected chi connectivity index (χ2v) is 6.13. The SMILES string of the molecule is CC1(C)OC[C@@H]([C@H]2O[C@H]3OC(C)(C)O[C@@H]3C2(O)O)O1. The van der Waals surface area contributed by atoms with Gasteiger partial charge in [-0.3, -0.25) is 0 Å². The highest BCUT2D eigenvalue weighted by Gasteiger charge is 2.65. The Balaban J connectivity index is 1.77. The van der Waals surface area contributed by atoms with Crippen LogP contribution in [0.4, 0.5) is 0 Å². The Hall–Kier alpha value is -0.280. The maximum Gasteiger partial charge on any atom is 0.225 e. The normalized spacial score (nSPS) is 46.4. The van der Waals surface area contributed by atoms with E-state index in [9.17, 15) is 10.2 Å². The molecule has 19 heavy (non-hydrogen) atoms. The van der Waals surface area contributed by atoms with E-state index in [0.29, 0.717) is 0 Å². The molecular weight excluding hydrogens is 256 g/mol. The minimum atomic E-state index is -2.17. The summed E-state index contributed by atoms with van der Waals surface area (Å²) >= 11 is 0. The van der Waals surface area contributed by atoms with E-state index in [0.717, 1.165) is 0 Å². The van der Waals surface area contributed by atoms with Crippen molar-refractivity contribution in [1.82, 2.24) is 0 Å². The van der Waals surface area contributed by atoms with E-state index in [1.54, 1.807) is 27.7 Å². The number of aliphatic hydroxyl groups is 2. The lowest BCUT2D eigenvalue weighted by Crippen LogP contribution is -2.54. The van der Waals surface area contributed by atoms with Crippen LogP contribution >= 0.6 is 0 Å². The molecule has 0 saturated carbocycles. The Labute approximate surface area is 111 Å². The molecule has 3 aliphatic heterocycles. The van der Waals surface area contributed by atoms with E-state index >= 15 is 0 Å². The summed E-state index contributed by atoms with van der Waals surface area (Å²) in [5, 5.41) is 20.6. The topological polar surface area (TPSA) is 86.6 Å². The summed E-state index contributed by atoms with van der Waals surface area (Å²) in [6.07, 6.45) is -3.33. The summed E-state index contributed by atoms with van der Waals surface area (Å²) < 4.78 is 27.6. The summed E-state index contributed by atoms with van der Waals surface area (Å²) in [5.74, 6) is -3.83. The minimum absolute atomic E-state index is 0.226. The first kappa shape index (κ1) is 13.7. The van der Waals surface area contributed by atoms with Gasteiger partial charge in [-0.1, -0.05) is 0 Å². The first-order valence-electron chi connectivity index (χ1n) is 6.38. The number of hydrogen-bond acceptors (Lipinski definition) is 7. The molecule has 0 aromatic heterocycles. The van der Waals surface area contributed by atoms with Gasteiger partial charge in [0.05, 0.1) is 6.61 Å². The molecule has 110 valence electrons. The summed E-state index contributed by atoms with van der Waals surface area (Å²) in [5.41, 5.74) is 0. The van der Waals surface area contributed by atoms with Crippen LogP contribution in [0.1, 0.15) is 27.7 Å².